The number of allylic oxidation sites excluding steroid dienone is 2. The van der Waals surface area contributed by atoms with E-state index < -0.39 is 15.4 Å². The molecule has 0 radical (unpaired) electrons. The van der Waals surface area contributed by atoms with E-state index in [4.69, 9.17) is 9.66 Å². The zero-order chi connectivity index (χ0) is 10.9. The molecular weight excluding hydrogens is 204 g/mol. The Morgan fingerprint density at radius 2 is 1.79 bits per heavy atom. The maximum atomic E-state index is 11.0. The highest BCUT2D eigenvalue weighted by Gasteiger charge is 2.35. The smallest absolute Gasteiger partial charge is 0.268 e. The zero-order valence-electron chi connectivity index (χ0n) is 8.40. The van der Waals surface area contributed by atoms with Crippen LogP contribution in [0, 0.1) is 5.92 Å². The van der Waals surface area contributed by atoms with Crippen LogP contribution in [-0.4, -0.2) is 29.9 Å². The first kappa shape index (κ1) is 11.7. The molecule has 0 saturated heterocycles. The molecule has 1 aliphatic carbocycles. The van der Waals surface area contributed by atoms with Crippen molar-refractivity contribution in [2.24, 2.45) is 5.92 Å². The van der Waals surface area contributed by atoms with Gasteiger partial charge in [0.05, 0.1) is 5.25 Å². The van der Waals surface area contributed by atoms with Gasteiger partial charge in [0.1, 0.15) is 0 Å². The quantitative estimate of drug-likeness (QED) is 0.537. The lowest BCUT2D eigenvalue weighted by molar-refractivity contribution is 0.211. The van der Waals surface area contributed by atoms with Gasteiger partial charge in [-0.15, -0.1) is 0 Å². The summed E-state index contributed by atoms with van der Waals surface area (Å²) >= 11 is 0. The van der Waals surface area contributed by atoms with Crippen LogP contribution in [0.25, 0.3) is 0 Å². The van der Waals surface area contributed by atoms with Crippen LogP contribution >= 0.6 is 0 Å². The first-order chi connectivity index (χ1) is 6.36. The van der Waals surface area contributed by atoms with Crippen molar-refractivity contribution in [1.29, 1.82) is 0 Å². The average Bonchev–Trinajstić information content (AvgIpc) is 2.07. The highest BCUT2D eigenvalue weighted by Crippen LogP contribution is 2.32. The lowest BCUT2D eigenvalue weighted by atomic mass is 9.85. The van der Waals surface area contributed by atoms with Gasteiger partial charge in [-0.05, 0) is 26.7 Å². The second kappa shape index (κ2) is 4.00. The molecule has 82 valence electrons. The minimum atomic E-state index is -4.04. The van der Waals surface area contributed by atoms with Crippen molar-refractivity contribution >= 4 is 10.1 Å². The number of hydrogen-bond donors (Lipinski definition) is 2. The Kier molecular flexibility index (Phi) is 3.34. The summed E-state index contributed by atoms with van der Waals surface area (Å²) in [6, 6.07) is 0. The summed E-state index contributed by atoms with van der Waals surface area (Å²) in [6.07, 6.45) is 0.878. The molecule has 1 rings (SSSR count). The third kappa shape index (κ3) is 2.34. The largest absolute Gasteiger partial charge is 0.396 e. The Hall–Kier alpha value is -0.390. The molecule has 2 unspecified atom stereocenters. The first-order valence-electron chi connectivity index (χ1n) is 4.58. The number of hydrogen-bond acceptors (Lipinski definition) is 3. The molecule has 4 nitrogen and oxygen atoms in total. The lowest BCUT2D eigenvalue weighted by Crippen LogP contribution is -2.35. The van der Waals surface area contributed by atoms with Crippen LogP contribution in [0.5, 0.6) is 0 Å². The van der Waals surface area contributed by atoms with E-state index in [1.54, 1.807) is 0 Å². The lowest BCUT2D eigenvalue weighted by Gasteiger charge is -2.29. The summed E-state index contributed by atoms with van der Waals surface area (Å²) in [7, 11) is -4.04. The van der Waals surface area contributed by atoms with Gasteiger partial charge >= 0.3 is 0 Å². The van der Waals surface area contributed by atoms with E-state index in [-0.39, 0.29) is 12.5 Å². The predicted octanol–water partition coefficient (Wildman–Crippen LogP) is 0.982. The molecule has 0 heterocycles. The predicted molar refractivity (Wildman–Crippen MR) is 53.5 cm³/mol. The maximum Gasteiger partial charge on any atom is 0.268 e. The fourth-order valence-electron chi connectivity index (χ4n) is 1.87. The Morgan fingerprint density at radius 3 is 2.21 bits per heavy atom. The molecule has 2 atom stereocenters. The molecule has 0 aromatic rings. The van der Waals surface area contributed by atoms with E-state index in [1.165, 1.54) is 0 Å². The number of aliphatic hydroxyl groups excluding tert-OH is 1. The maximum absolute atomic E-state index is 11.0. The van der Waals surface area contributed by atoms with Crippen molar-refractivity contribution in [3.63, 3.8) is 0 Å². The van der Waals surface area contributed by atoms with Gasteiger partial charge in [-0.25, -0.2) is 0 Å². The third-order valence-electron chi connectivity index (χ3n) is 2.95. The summed E-state index contributed by atoms with van der Waals surface area (Å²) in [4.78, 5) is 0. The Bertz CT molecular complexity index is 342. The monoisotopic (exact) mass is 220 g/mol. The summed E-state index contributed by atoms with van der Waals surface area (Å²) in [5.41, 5.74) is 2.11. The molecule has 0 aromatic carbocycles. The highest BCUT2D eigenvalue weighted by atomic mass is 32.2. The molecule has 0 aliphatic heterocycles. The van der Waals surface area contributed by atoms with Crippen LogP contribution in [0.4, 0.5) is 0 Å². The molecule has 0 saturated carbocycles. The molecule has 5 heteroatoms. The highest BCUT2D eigenvalue weighted by molar-refractivity contribution is 7.86. The number of rotatable bonds is 2. The van der Waals surface area contributed by atoms with Crippen LogP contribution in [-0.2, 0) is 10.1 Å². The van der Waals surface area contributed by atoms with Gasteiger partial charge in [0, 0.05) is 12.5 Å². The van der Waals surface area contributed by atoms with Gasteiger partial charge in [-0.3, -0.25) is 4.55 Å². The van der Waals surface area contributed by atoms with E-state index >= 15 is 0 Å². The Balaban J connectivity index is 2.98. The van der Waals surface area contributed by atoms with Crippen LogP contribution in [0.2, 0.25) is 0 Å². The van der Waals surface area contributed by atoms with Crippen molar-refractivity contribution in [2.75, 3.05) is 6.61 Å². The van der Waals surface area contributed by atoms with Crippen molar-refractivity contribution in [2.45, 2.75) is 31.9 Å². The van der Waals surface area contributed by atoms with E-state index in [1.807, 2.05) is 13.8 Å². The van der Waals surface area contributed by atoms with Crippen LogP contribution in [0.3, 0.4) is 0 Å². The summed E-state index contributed by atoms with van der Waals surface area (Å²) in [6.45, 7) is 3.59. The van der Waals surface area contributed by atoms with Gasteiger partial charge in [0.15, 0.2) is 0 Å². The molecule has 0 bridgehead atoms. The van der Waals surface area contributed by atoms with Gasteiger partial charge in [-0.1, -0.05) is 11.1 Å². The molecule has 0 spiro atoms. The van der Waals surface area contributed by atoms with Crippen LogP contribution < -0.4 is 0 Å². The molecule has 14 heavy (non-hydrogen) atoms. The molecule has 0 aromatic heterocycles. The minimum Gasteiger partial charge on any atom is -0.396 e. The van der Waals surface area contributed by atoms with Crippen molar-refractivity contribution < 1.29 is 18.1 Å². The van der Waals surface area contributed by atoms with Gasteiger partial charge in [-0.2, -0.15) is 8.42 Å². The van der Waals surface area contributed by atoms with E-state index in [9.17, 15) is 8.42 Å². The normalized spacial score (nSPS) is 29.4. The molecular formula is C9H16O4S. The topological polar surface area (TPSA) is 74.6 Å². The van der Waals surface area contributed by atoms with Crippen molar-refractivity contribution in [3.8, 4) is 0 Å². The first-order valence-corrected chi connectivity index (χ1v) is 6.09. The zero-order valence-corrected chi connectivity index (χ0v) is 9.21. The standard InChI is InChI=1S/C9H16O4S/c1-6-3-8(5-10)9(4-7(6)2)14(11,12)13/h8-10H,3-5H2,1-2H3,(H,11,12,13). The van der Waals surface area contributed by atoms with E-state index in [0.717, 1.165) is 11.1 Å². The summed E-state index contributed by atoms with van der Waals surface area (Å²) in [5, 5.41) is 8.19. The van der Waals surface area contributed by atoms with E-state index in [0.29, 0.717) is 12.8 Å². The second-order valence-electron chi connectivity index (χ2n) is 3.96. The molecule has 2 N–H and O–H groups in total. The van der Waals surface area contributed by atoms with E-state index in [2.05, 4.69) is 0 Å². The third-order valence-corrected chi connectivity index (χ3v) is 4.26. The van der Waals surface area contributed by atoms with Crippen molar-refractivity contribution in [3.05, 3.63) is 11.1 Å². The Labute approximate surface area is 84.4 Å². The van der Waals surface area contributed by atoms with Crippen LogP contribution in [0.1, 0.15) is 26.7 Å². The number of aliphatic hydroxyl groups is 1. The van der Waals surface area contributed by atoms with Gasteiger partial charge in [0.25, 0.3) is 10.1 Å². The fourth-order valence-corrected chi connectivity index (χ4v) is 3.00. The average molecular weight is 220 g/mol. The Morgan fingerprint density at radius 1 is 1.29 bits per heavy atom. The SMILES string of the molecule is CC1=C(C)CC(S(=O)(=O)O)C(CO)C1. The summed E-state index contributed by atoms with van der Waals surface area (Å²) in [5.74, 6) is -0.367. The van der Waals surface area contributed by atoms with Crippen LogP contribution in [0.15, 0.2) is 11.1 Å². The molecule has 1 aliphatic rings. The molecule has 0 fully saturated rings. The van der Waals surface area contributed by atoms with Gasteiger partial charge < -0.3 is 5.11 Å². The fraction of sp³-hybridized carbons (Fsp3) is 0.778. The summed E-state index contributed by atoms with van der Waals surface area (Å²) < 4.78 is 31.0. The second-order valence-corrected chi connectivity index (χ2v) is 5.60. The van der Waals surface area contributed by atoms with Crippen molar-refractivity contribution in [1.82, 2.24) is 0 Å². The minimum absolute atomic E-state index is 0.199. The van der Waals surface area contributed by atoms with Gasteiger partial charge in [0.2, 0.25) is 0 Å². The molecule has 0 amide bonds.